The normalized spacial score (nSPS) is 28.4. The van der Waals surface area contributed by atoms with Gasteiger partial charge in [0.2, 0.25) is 0 Å². The largest absolute Gasteiger partial charge is 0.444 e. The molecule has 0 aromatic rings. The van der Waals surface area contributed by atoms with Crippen molar-refractivity contribution in [3.8, 4) is 0 Å². The second kappa shape index (κ2) is 4.78. The molecule has 2 rings (SSSR count). The predicted octanol–water partition coefficient (Wildman–Crippen LogP) is 1.66. The van der Waals surface area contributed by atoms with Crippen LogP contribution in [-0.2, 0) is 9.53 Å². The van der Waals surface area contributed by atoms with Gasteiger partial charge in [-0.2, -0.15) is 0 Å². The lowest BCUT2D eigenvalue weighted by atomic mass is 9.94. The molecule has 2 fully saturated rings. The van der Waals surface area contributed by atoms with E-state index in [0.717, 1.165) is 19.5 Å². The first-order valence-electron chi connectivity index (χ1n) is 7.05. The molecule has 5 nitrogen and oxygen atoms in total. The highest BCUT2D eigenvalue weighted by molar-refractivity contribution is 5.92. The highest BCUT2D eigenvalue weighted by Gasteiger charge is 2.52. The maximum atomic E-state index is 12.2. The van der Waals surface area contributed by atoms with E-state index >= 15 is 0 Å². The highest BCUT2D eigenvalue weighted by Crippen LogP contribution is 2.35. The van der Waals surface area contributed by atoms with Gasteiger partial charge in [-0.3, -0.25) is 9.69 Å². The number of likely N-dealkylation sites (tertiary alicyclic amines) is 2. The van der Waals surface area contributed by atoms with Gasteiger partial charge in [0.25, 0.3) is 0 Å². The molecule has 0 aliphatic carbocycles. The maximum Gasteiger partial charge on any atom is 0.410 e. The van der Waals surface area contributed by atoms with Crippen molar-refractivity contribution in [2.24, 2.45) is 0 Å². The molecule has 0 N–H and O–H groups in total. The quantitative estimate of drug-likeness (QED) is 0.726. The van der Waals surface area contributed by atoms with Crippen molar-refractivity contribution < 1.29 is 14.3 Å². The zero-order valence-electron chi connectivity index (χ0n) is 12.4. The molecule has 5 heteroatoms. The van der Waals surface area contributed by atoms with Crippen LogP contribution in [-0.4, -0.2) is 59.0 Å². The first-order chi connectivity index (χ1) is 8.78. The highest BCUT2D eigenvalue weighted by atomic mass is 16.6. The summed E-state index contributed by atoms with van der Waals surface area (Å²) in [5.41, 5.74) is -0.928. The van der Waals surface area contributed by atoms with E-state index < -0.39 is 11.1 Å². The number of rotatable bonds is 1. The van der Waals surface area contributed by atoms with E-state index in [-0.39, 0.29) is 11.9 Å². The van der Waals surface area contributed by atoms with Crippen LogP contribution in [0.5, 0.6) is 0 Å². The van der Waals surface area contributed by atoms with Crippen LogP contribution >= 0.6 is 0 Å². The zero-order chi connectivity index (χ0) is 14.3. The molecule has 1 unspecified atom stereocenters. The Hall–Kier alpha value is -1.10. The molecule has 1 atom stereocenters. The Morgan fingerprint density at radius 1 is 1.37 bits per heavy atom. The van der Waals surface area contributed by atoms with Crippen LogP contribution in [0.1, 0.15) is 40.5 Å². The van der Waals surface area contributed by atoms with Crippen molar-refractivity contribution in [3.05, 3.63) is 0 Å². The van der Waals surface area contributed by atoms with Crippen molar-refractivity contribution in [1.29, 1.82) is 0 Å². The predicted molar refractivity (Wildman–Crippen MR) is 72.0 cm³/mol. The molecule has 2 aliphatic rings. The van der Waals surface area contributed by atoms with Crippen LogP contribution in [0, 0.1) is 0 Å². The summed E-state index contributed by atoms with van der Waals surface area (Å²) in [6.07, 6.45) is 1.04. The van der Waals surface area contributed by atoms with Crippen molar-refractivity contribution in [1.82, 2.24) is 9.80 Å². The first kappa shape index (κ1) is 14.3. The monoisotopic (exact) mass is 268 g/mol. The fourth-order valence-corrected chi connectivity index (χ4v) is 3.08. The van der Waals surface area contributed by atoms with Gasteiger partial charge in [-0.15, -0.1) is 0 Å². The van der Waals surface area contributed by atoms with Crippen LogP contribution in [0.25, 0.3) is 0 Å². The topological polar surface area (TPSA) is 49.9 Å². The summed E-state index contributed by atoms with van der Waals surface area (Å²) in [6.45, 7) is 10.4. The van der Waals surface area contributed by atoms with Crippen LogP contribution in [0.15, 0.2) is 0 Å². The van der Waals surface area contributed by atoms with E-state index in [2.05, 4.69) is 11.8 Å². The Kier molecular flexibility index (Phi) is 3.60. The SMILES string of the molecule is CCN1CCC(=O)C12CCN(C(=O)OC(C)(C)C)C2. The lowest BCUT2D eigenvalue weighted by Gasteiger charge is -2.32. The van der Waals surface area contributed by atoms with Gasteiger partial charge in [0.15, 0.2) is 5.78 Å². The minimum Gasteiger partial charge on any atom is -0.444 e. The summed E-state index contributed by atoms with van der Waals surface area (Å²) in [5.74, 6) is 0.278. The minimum absolute atomic E-state index is 0.278. The van der Waals surface area contributed by atoms with Crippen LogP contribution in [0.4, 0.5) is 4.79 Å². The number of amides is 1. The molecule has 2 saturated heterocycles. The molecular weight excluding hydrogens is 244 g/mol. The molecule has 0 bridgehead atoms. The third-order valence-corrected chi connectivity index (χ3v) is 4.01. The lowest BCUT2D eigenvalue weighted by Crippen LogP contribution is -2.51. The van der Waals surface area contributed by atoms with Crippen molar-refractivity contribution in [2.75, 3.05) is 26.2 Å². The number of ketones is 1. The number of hydrogen-bond acceptors (Lipinski definition) is 4. The first-order valence-corrected chi connectivity index (χ1v) is 7.05. The molecular formula is C14H24N2O3. The van der Waals surface area contributed by atoms with E-state index in [4.69, 9.17) is 4.74 Å². The van der Waals surface area contributed by atoms with Gasteiger partial charge in [0, 0.05) is 26.1 Å². The Morgan fingerprint density at radius 2 is 2.05 bits per heavy atom. The minimum atomic E-state index is -0.489. The fraction of sp³-hybridized carbons (Fsp3) is 0.857. The molecule has 0 aromatic carbocycles. The summed E-state index contributed by atoms with van der Waals surface area (Å²) in [5, 5.41) is 0. The fourth-order valence-electron chi connectivity index (χ4n) is 3.08. The maximum absolute atomic E-state index is 12.2. The number of likely N-dealkylation sites (N-methyl/N-ethyl adjacent to an activating group) is 1. The number of Topliss-reactive ketones (excluding diaryl/α,β-unsaturated/α-hetero) is 1. The summed E-state index contributed by atoms with van der Waals surface area (Å²) in [4.78, 5) is 28.2. The molecule has 2 aliphatic heterocycles. The van der Waals surface area contributed by atoms with E-state index in [0.29, 0.717) is 19.5 Å². The molecule has 108 valence electrons. The van der Waals surface area contributed by atoms with Crippen LogP contribution in [0.2, 0.25) is 0 Å². The summed E-state index contributed by atoms with van der Waals surface area (Å²) >= 11 is 0. The molecule has 2 heterocycles. The lowest BCUT2D eigenvalue weighted by molar-refractivity contribution is -0.124. The molecule has 1 amide bonds. The second-order valence-electron chi connectivity index (χ2n) is 6.44. The number of ether oxygens (including phenoxy) is 1. The number of hydrogen-bond donors (Lipinski definition) is 0. The zero-order valence-corrected chi connectivity index (χ0v) is 12.4. The molecule has 19 heavy (non-hydrogen) atoms. The van der Waals surface area contributed by atoms with Gasteiger partial charge in [0.05, 0.1) is 5.54 Å². The van der Waals surface area contributed by atoms with Gasteiger partial charge in [-0.25, -0.2) is 4.79 Å². The second-order valence-corrected chi connectivity index (χ2v) is 6.44. The van der Waals surface area contributed by atoms with Crippen molar-refractivity contribution in [2.45, 2.75) is 51.7 Å². The summed E-state index contributed by atoms with van der Waals surface area (Å²) in [6, 6.07) is 0. The van der Waals surface area contributed by atoms with E-state index in [1.54, 1.807) is 4.90 Å². The van der Waals surface area contributed by atoms with Gasteiger partial charge < -0.3 is 9.64 Å². The average molecular weight is 268 g/mol. The smallest absolute Gasteiger partial charge is 0.410 e. The van der Waals surface area contributed by atoms with Crippen molar-refractivity contribution >= 4 is 11.9 Å². The Balaban J connectivity index is 2.07. The molecule has 1 spiro atoms. The number of carbonyl (C=O) groups excluding carboxylic acids is 2. The molecule has 0 aromatic heterocycles. The third-order valence-electron chi connectivity index (χ3n) is 4.01. The Morgan fingerprint density at radius 3 is 2.63 bits per heavy atom. The number of nitrogens with zero attached hydrogens (tertiary/aromatic N) is 2. The van der Waals surface area contributed by atoms with E-state index in [1.807, 2.05) is 20.8 Å². The van der Waals surface area contributed by atoms with Crippen LogP contribution in [0.3, 0.4) is 0 Å². The third kappa shape index (κ3) is 2.61. The Bertz CT molecular complexity index is 389. The standard InChI is InChI=1S/C14H24N2O3/c1-5-16-8-6-11(17)14(16)7-9-15(10-14)12(18)19-13(2,3)4/h5-10H2,1-4H3. The Labute approximate surface area is 114 Å². The summed E-state index contributed by atoms with van der Waals surface area (Å²) < 4.78 is 5.39. The number of carbonyl (C=O) groups is 2. The van der Waals surface area contributed by atoms with Gasteiger partial charge in [-0.1, -0.05) is 6.92 Å². The van der Waals surface area contributed by atoms with E-state index in [1.165, 1.54) is 0 Å². The van der Waals surface area contributed by atoms with Gasteiger partial charge >= 0.3 is 6.09 Å². The van der Waals surface area contributed by atoms with Gasteiger partial charge in [-0.05, 0) is 33.7 Å². The average Bonchev–Trinajstić information content (AvgIpc) is 2.85. The van der Waals surface area contributed by atoms with Crippen LogP contribution < -0.4 is 0 Å². The van der Waals surface area contributed by atoms with Crippen molar-refractivity contribution in [3.63, 3.8) is 0 Å². The van der Waals surface area contributed by atoms with Gasteiger partial charge in [0.1, 0.15) is 5.60 Å². The molecule has 0 radical (unpaired) electrons. The summed E-state index contributed by atoms with van der Waals surface area (Å²) in [7, 11) is 0. The molecule has 0 saturated carbocycles. The van der Waals surface area contributed by atoms with E-state index in [9.17, 15) is 9.59 Å².